The Hall–Kier alpha value is -1.55. The van der Waals surface area contributed by atoms with E-state index < -0.39 is 5.97 Å². The molecule has 18 heavy (non-hydrogen) atoms. The lowest BCUT2D eigenvalue weighted by Gasteiger charge is -2.07. The first-order valence-corrected chi connectivity index (χ1v) is 6.36. The summed E-state index contributed by atoms with van der Waals surface area (Å²) in [7, 11) is 0. The fourth-order valence-electron chi connectivity index (χ4n) is 1.62. The van der Waals surface area contributed by atoms with Crippen LogP contribution >= 0.6 is 0 Å². The van der Waals surface area contributed by atoms with Gasteiger partial charge in [0.05, 0.1) is 0 Å². The van der Waals surface area contributed by atoms with Gasteiger partial charge in [-0.3, -0.25) is 0 Å². The number of ether oxygens (including phenoxy) is 1. The molecule has 0 atom stereocenters. The van der Waals surface area contributed by atoms with Crippen molar-refractivity contribution in [1.82, 2.24) is 5.32 Å². The summed E-state index contributed by atoms with van der Waals surface area (Å²) in [6.07, 6.45) is 3.65. The van der Waals surface area contributed by atoms with E-state index in [1.807, 2.05) is 18.2 Å². The summed E-state index contributed by atoms with van der Waals surface area (Å²) in [6, 6.07) is 7.51. The van der Waals surface area contributed by atoms with Gasteiger partial charge in [-0.05, 0) is 30.7 Å². The number of benzene rings is 1. The molecule has 1 rings (SSSR count). The van der Waals surface area contributed by atoms with Crippen LogP contribution in [0.15, 0.2) is 24.3 Å². The molecule has 100 valence electrons. The zero-order chi connectivity index (χ0) is 13.2. The Morgan fingerprint density at radius 1 is 1.39 bits per heavy atom. The SMILES string of the molecule is CCCCCNCc1cccc(OCC(=O)O)c1. The minimum Gasteiger partial charge on any atom is -0.482 e. The Bertz CT molecular complexity index is 366. The molecule has 4 nitrogen and oxygen atoms in total. The van der Waals surface area contributed by atoms with Crippen LogP contribution in [0.1, 0.15) is 31.7 Å². The molecule has 4 heteroatoms. The Labute approximate surface area is 108 Å². The fraction of sp³-hybridized carbons (Fsp3) is 0.500. The molecule has 1 aromatic rings. The Balaban J connectivity index is 2.32. The Morgan fingerprint density at radius 2 is 2.22 bits per heavy atom. The van der Waals surface area contributed by atoms with Gasteiger partial charge in [0.15, 0.2) is 6.61 Å². The van der Waals surface area contributed by atoms with Gasteiger partial charge in [0, 0.05) is 6.54 Å². The normalized spacial score (nSPS) is 10.3. The van der Waals surface area contributed by atoms with Crippen LogP contribution in [0.3, 0.4) is 0 Å². The maximum atomic E-state index is 10.4. The number of hydrogen-bond acceptors (Lipinski definition) is 3. The zero-order valence-electron chi connectivity index (χ0n) is 10.8. The van der Waals surface area contributed by atoms with E-state index in [0.29, 0.717) is 5.75 Å². The Morgan fingerprint density at radius 3 is 2.94 bits per heavy atom. The first-order chi connectivity index (χ1) is 8.72. The molecule has 0 saturated carbocycles. The first kappa shape index (κ1) is 14.5. The summed E-state index contributed by atoms with van der Waals surface area (Å²) in [6.45, 7) is 3.68. The van der Waals surface area contributed by atoms with Gasteiger partial charge < -0.3 is 15.2 Å². The Kier molecular flexibility index (Phi) is 6.87. The maximum absolute atomic E-state index is 10.4. The van der Waals surface area contributed by atoms with Crippen molar-refractivity contribution in [2.45, 2.75) is 32.7 Å². The van der Waals surface area contributed by atoms with Crippen molar-refractivity contribution in [2.75, 3.05) is 13.2 Å². The number of rotatable bonds is 9. The number of unbranched alkanes of at least 4 members (excludes halogenated alkanes) is 2. The summed E-state index contributed by atoms with van der Waals surface area (Å²) in [5.41, 5.74) is 1.11. The van der Waals surface area contributed by atoms with Gasteiger partial charge in [0.2, 0.25) is 0 Å². The molecule has 0 amide bonds. The fourth-order valence-corrected chi connectivity index (χ4v) is 1.62. The molecule has 0 saturated heterocycles. The first-order valence-electron chi connectivity index (χ1n) is 6.36. The van der Waals surface area contributed by atoms with E-state index in [2.05, 4.69) is 12.2 Å². The van der Waals surface area contributed by atoms with Crippen LogP contribution in [0.25, 0.3) is 0 Å². The van der Waals surface area contributed by atoms with Crippen LogP contribution < -0.4 is 10.1 Å². The summed E-state index contributed by atoms with van der Waals surface area (Å²) >= 11 is 0. The number of aliphatic carboxylic acids is 1. The summed E-state index contributed by atoms with van der Waals surface area (Å²) in [5, 5.41) is 11.9. The van der Waals surface area contributed by atoms with Crippen molar-refractivity contribution in [2.24, 2.45) is 0 Å². The number of carbonyl (C=O) groups is 1. The molecule has 0 aliphatic rings. The molecule has 0 aliphatic heterocycles. The molecule has 0 aliphatic carbocycles. The molecule has 0 aromatic heterocycles. The second-order valence-corrected chi connectivity index (χ2v) is 4.21. The lowest BCUT2D eigenvalue weighted by Crippen LogP contribution is -2.15. The van der Waals surface area contributed by atoms with E-state index in [-0.39, 0.29) is 6.61 Å². The van der Waals surface area contributed by atoms with Gasteiger partial charge in [-0.1, -0.05) is 31.9 Å². The minimum absolute atomic E-state index is 0.298. The summed E-state index contributed by atoms with van der Waals surface area (Å²) in [4.78, 5) is 10.4. The predicted octanol–water partition coefficient (Wildman–Crippen LogP) is 2.43. The van der Waals surface area contributed by atoms with Crippen molar-refractivity contribution in [3.8, 4) is 5.75 Å². The van der Waals surface area contributed by atoms with Crippen molar-refractivity contribution >= 4 is 5.97 Å². The highest BCUT2D eigenvalue weighted by molar-refractivity contribution is 5.68. The third kappa shape index (κ3) is 6.25. The number of carboxylic acid groups (broad SMARTS) is 1. The molecular weight excluding hydrogens is 230 g/mol. The topological polar surface area (TPSA) is 58.6 Å². The second kappa shape index (κ2) is 8.53. The predicted molar refractivity (Wildman–Crippen MR) is 70.8 cm³/mol. The molecule has 0 unspecified atom stereocenters. The van der Waals surface area contributed by atoms with E-state index >= 15 is 0 Å². The number of carboxylic acids is 1. The highest BCUT2D eigenvalue weighted by Gasteiger charge is 2.00. The third-order valence-electron chi connectivity index (χ3n) is 2.55. The van der Waals surface area contributed by atoms with E-state index in [1.165, 1.54) is 19.3 Å². The van der Waals surface area contributed by atoms with Gasteiger partial charge in [-0.15, -0.1) is 0 Å². The maximum Gasteiger partial charge on any atom is 0.341 e. The average Bonchev–Trinajstić information content (AvgIpc) is 2.37. The standard InChI is InChI=1S/C14H21NO3/c1-2-3-4-8-15-10-12-6-5-7-13(9-12)18-11-14(16)17/h5-7,9,15H,2-4,8,10-11H2,1H3,(H,16,17). The molecule has 0 fully saturated rings. The van der Waals surface area contributed by atoms with E-state index in [0.717, 1.165) is 18.7 Å². The second-order valence-electron chi connectivity index (χ2n) is 4.21. The van der Waals surface area contributed by atoms with E-state index in [9.17, 15) is 4.79 Å². The monoisotopic (exact) mass is 251 g/mol. The van der Waals surface area contributed by atoms with Crippen LogP contribution in [-0.4, -0.2) is 24.2 Å². The molecule has 0 spiro atoms. The molecule has 2 N–H and O–H groups in total. The lowest BCUT2D eigenvalue weighted by molar-refractivity contribution is -0.139. The highest BCUT2D eigenvalue weighted by atomic mass is 16.5. The van der Waals surface area contributed by atoms with Crippen molar-refractivity contribution in [3.63, 3.8) is 0 Å². The molecule has 0 heterocycles. The smallest absolute Gasteiger partial charge is 0.341 e. The number of hydrogen-bond donors (Lipinski definition) is 2. The van der Waals surface area contributed by atoms with E-state index in [4.69, 9.17) is 9.84 Å². The van der Waals surface area contributed by atoms with Gasteiger partial charge in [-0.25, -0.2) is 4.79 Å². The van der Waals surface area contributed by atoms with Crippen LogP contribution in [-0.2, 0) is 11.3 Å². The highest BCUT2D eigenvalue weighted by Crippen LogP contribution is 2.13. The van der Waals surface area contributed by atoms with Gasteiger partial charge in [0.25, 0.3) is 0 Å². The van der Waals surface area contributed by atoms with Crippen molar-refractivity contribution in [3.05, 3.63) is 29.8 Å². The minimum atomic E-state index is -0.960. The lowest BCUT2D eigenvalue weighted by atomic mass is 10.2. The quantitative estimate of drug-likeness (QED) is 0.662. The largest absolute Gasteiger partial charge is 0.482 e. The average molecular weight is 251 g/mol. The molecular formula is C14H21NO3. The summed E-state index contributed by atoms with van der Waals surface area (Å²) < 4.78 is 5.13. The zero-order valence-corrected chi connectivity index (χ0v) is 10.8. The molecule has 0 radical (unpaired) electrons. The third-order valence-corrected chi connectivity index (χ3v) is 2.55. The van der Waals surface area contributed by atoms with Gasteiger partial charge in [0.1, 0.15) is 5.75 Å². The van der Waals surface area contributed by atoms with Crippen molar-refractivity contribution < 1.29 is 14.6 Å². The molecule has 0 bridgehead atoms. The van der Waals surface area contributed by atoms with E-state index in [1.54, 1.807) is 6.07 Å². The van der Waals surface area contributed by atoms with Crippen LogP contribution in [0, 0.1) is 0 Å². The van der Waals surface area contributed by atoms with Gasteiger partial charge in [-0.2, -0.15) is 0 Å². The van der Waals surface area contributed by atoms with Gasteiger partial charge >= 0.3 is 5.97 Å². The van der Waals surface area contributed by atoms with Crippen LogP contribution in [0.2, 0.25) is 0 Å². The van der Waals surface area contributed by atoms with Crippen LogP contribution in [0.5, 0.6) is 5.75 Å². The summed E-state index contributed by atoms with van der Waals surface area (Å²) in [5.74, 6) is -0.358. The van der Waals surface area contributed by atoms with Crippen molar-refractivity contribution in [1.29, 1.82) is 0 Å². The van der Waals surface area contributed by atoms with Crippen LogP contribution in [0.4, 0.5) is 0 Å². The molecule has 1 aromatic carbocycles. The number of nitrogens with one attached hydrogen (secondary N) is 1.